The fraction of sp³-hybridized carbons (Fsp3) is 0.462. The molecule has 0 bridgehead atoms. The molecule has 1 aliphatic rings. The van der Waals surface area contributed by atoms with Gasteiger partial charge in [0.2, 0.25) is 5.91 Å². The van der Waals surface area contributed by atoms with Crippen LogP contribution in [0.5, 0.6) is 0 Å². The molecule has 2 N–H and O–H groups in total. The number of hydrogen-bond acceptors (Lipinski definition) is 3. The molecule has 1 heterocycles. The van der Waals surface area contributed by atoms with Crippen LogP contribution in [0.25, 0.3) is 10.4 Å². The Morgan fingerprint density at radius 2 is 2.26 bits per heavy atom. The van der Waals surface area contributed by atoms with Crippen LogP contribution in [-0.2, 0) is 4.79 Å². The Bertz CT molecular complexity index is 562. The van der Waals surface area contributed by atoms with Crippen LogP contribution < -0.4 is 10.6 Å². The molecule has 1 saturated heterocycles. The lowest BCUT2D eigenvalue weighted by Gasteiger charge is -2.22. The van der Waals surface area contributed by atoms with Gasteiger partial charge in [0.05, 0.1) is 11.4 Å². The smallest absolute Gasteiger partial charge is 0.227 e. The Labute approximate surface area is 111 Å². The van der Waals surface area contributed by atoms with Crippen molar-refractivity contribution in [1.29, 1.82) is 0 Å². The van der Waals surface area contributed by atoms with Gasteiger partial charge in [-0.05, 0) is 42.5 Å². The number of benzene rings is 1. The molecule has 1 aliphatic heterocycles. The van der Waals surface area contributed by atoms with E-state index < -0.39 is 0 Å². The maximum Gasteiger partial charge on any atom is 0.227 e. The molecule has 1 amide bonds. The second-order valence-electron chi connectivity index (χ2n) is 4.93. The molecule has 1 unspecified atom stereocenters. The highest BCUT2D eigenvalue weighted by atomic mass is 16.2. The molecule has 100 valence electrons. The normalized spacial score (nSPS) is 18.5. The first-order chi connectivity index (χ1) is 9.04. The molecule has 1 aromatic carbocycles. The van der Waals surface area contributed by atoms with Crippen LogP contribution in [0.1, 0.15) is 17.5 Å². The molecule has 0 saturated carbocycles. The minimum Gasteiger partial charge on any atom is -0.397 e. The quantitative estimate of drug-likeness (QED) is 0.391. The second-order valence-corrected chi connectivity index (χ2v) is 4.93. The van der Waals surface area contributed by atoms with Crippen molar-refractivity contribution in [2.75, 3.05) is 23.7 Å². The van der Waals surface area contributed by atoms with Gasteiger partial charge in [-0.15, -0.1) is 0 Å². The Hall–Kier alpha value is -2.20. The highest BCUT2D eigenvalue weighted by molar-refractivity contribution is 5.99. The maximum atomic E-state index is 12.1. The third-order valence-electron chi connectivity index (χ3n) is 3.61. The van der Waals surface area contributed by atoms with Gasteiger partial charge in [-0.1, -0.05) is 11.2 Å². The molecule has 0 radical (unpaired) electrons. The highest BCUT2D eigenvalue weighted by Gasteiger charge is 2.32. The van der Waals surface area contributed by atoms with Crippen molar-refractivity contribution in [3.8, 4) is 0 Å². The Kier molecular flexibility index (Phi) is 3.62. The number of rotatable bonds is 3. The van der Waals surface area contributed by atoms with E-state index in [0.717, 1.165) is 16.8 Å². The number of carbonyl (C=O) groups excluding carboxylic acids is 1. The third kappa shape index (κ3) is 2.48. The van der Waals surface area contributed by atoms with Crippen molar-refractivity contribution in [2.24, 2.45) is 11.0 Å². The minimum atomic E-state index is 0.0403. The largest absolute Gasteiger partial charge is 0.397 e. The predicted molar refractivity (Wildman–Crippen MR) is 74.8 cm³/mol. The first-order valence-corrected chi connectivity index (χ1v) is 6.21. The van der Waals surface area contributed by atoms with Crippen LogP contribution in [0.15, 0.2) is 17.2 Å². The lowest BCUT2D eigenvalue weighted by atomic mass is 10.1. The number of aryl methyl sites for hydroxylation is 1. The van der Waals surface area contributed by atoms with Gasteiger partial charge in [-0.3, -0.25) is 4.79 Å². The molecule has 0 spiro atoms. The molecule has 0 aliphatic carbocycles. The lowest BCUT2D eigenvalue weighted by molar-refractivity contribution is -0.117. The number of nitrogens with two attached hydrogens (primary N) is 1. The van der Waals surface area contributed by atoms with Gasteiger partial charge in [0, 0.05) is 24.4 Å². The van der Waals surface area contributed by atoms with Crippen molar-refractivity contribution in [2.45, 2.75) is 20.3 Å². The molecule has 2 rings (SSSR count). The third-order valence-corrected chi connectivity index (χ3v) is 3.61. The number of nitrogens with zero attached hydrogens (tertiary/aromatic N) is 4. The fourth-order valence-electron chi connectivity index (χ4n) is 2.45. The molecule has 1 atom stereocenters. The van der Waals surface area contributed by atoms with E-state index in [9.17, 15) is 4.79 Å². The molecule has 1 aromatic rings. The first-order valence-electron chi connectivity index (χ1n) is 6.21. The van der Waals surface area contributed by atoms with Gasteiger partial charge < -0.3 is 10.6 Å². The summed E-state index contributed by atoms with van der Waals surface area (Å²) in [5.74, 6) is 0.112. The van der Waals surface area contributed by atoms with Gasteiger partial charge in [0.25, 0.3) is 0 Å². The minimum absolute atomic E-state index is 0.0403. The average Bonchev–Trinajstić information content (AvgIpc) is 2.73. The van der Waals surface area contributed by atoms with E-state index in [-0.39, 0.29) is 11.8 Å². The van der Waals surface area contributed by atoms with Crippen molar-refractivity contribution in [3.63, 3.8) is 0 Å². The van der Waals surface area contributed by atoms with Crippen LogP contribution in [0.2, 0.25) is 0 Å². The lowest BCUT2D eigenvalue weighted by Crippen LogP contribution is -2.26. The van der Waals surface area contributed by atoms with Crippen molar-refractivity contribution in [3.05, 3.63) is 33.7 Å². The zero-order chi connectivity index (χ0) is 14.0. The predicted octanol–water partition coefficient (Wildman–Crippen LogP) is 2.55. The second kappa shape index (κ2) is 5.20. The van der Waals surface area contributed by atoms with E-state index in [4.69, 9.17) is 11.3 Å². The fourth-order valence-corrected chi connectivity index (χ4v) is 2.45. The summed E-state index contributed by atoms with van der Waals surface area (Å²) in [6.45, 7) is 4.88. The van der Waals surface area contributed by atoms with Gasteiger partial charge in [0.1, 0.15) is 0 Å². The van der Waals surface area contributed by atoms with Crippen LogP contribution in [-0.4, -0.2) is 19.0 Å². The summed E-state index contributed by atoms with van der Waals surface area (Å²) in [5, 5.41) is 3.55. The van der Waals surface area contributed by atoms with Crippen LogP contribution in [0, 0.1) is 19.8 Å². The molecule has 0 aromatic heterocycles. The highest BCUT2D eigenvalue weighted by Crippen LogP contribution is 2.34. The van der Waals surface area contributed by atoms with Crippen molar-refractivity contribution in [1.82, 2.24) is 0 Å². The van der Waals surface area contributed by atoms with Crippen molar-refractivity contribution < 1.29 is 4.79 Å². The summed E-state index contributed by atoms with van der Waals surface area (Å²) in [6, 6.07) is 3.78. The monoisotopic (exact) mass is 259 g/mol. The van der Waals surface area contributed by atoms with E-state index in [1.54, 1.807) is 4.90 Å². The van der Waals surface area contributed by atoms with Crippen LogP contribution in [0.3, 0.4) is 0 Å². The van der Waals surface area contributed by atoms with E-state index in [2.05, 4.69) is 10.0 Å². The molecule has 1 fully saturated rings. The topological polar surface area (TPSA) is 95.1 Å². The number of azide groups is 1. The standard InChI is InChI=1S/C13H17N5O/c1-8-3-4-11(14)13(9(8)2)18-7-10(5-12(18)19)6-16-17-15/h3-4,10H,5-7,14H2,1-2H3. The number of carbonyl (C=O) groups is 1. The van der Waals surface area contributed by atoms with E-state index in [1.165, 1.54) is 0 Å². The molecule has 6 nitrogen and oxygen atoms in total. The van der Waals surface area contributed by atoms with Crippen LogP contribution >= 0.6 is 0 Å². The summed E-state index contributed by atoms with van der Waals surface area (Å²) in [6.07, 6.45) is 0.409. The number of nitrogen functional groups attached to an aromatic ring is 1. The maximum absolute atomic E-state index is 12.1. The van der Waals surface area contributed by atoms with E-state index in [1.807, 2.05) is 26.0 Å². The molecular weight excluding hydrogens is 242 g/mol. The summed E-state index contributed by atoms with van der Waals surface area (Å²) >= 11 is 0. The van der Waals surface area contributed by atoms with Gasteiger partial charge in [-0.2, -0.15) is 0 Å². The summed E-state index contributed by atoms with van der Waals surface area (Å²) in [5.41, 5.74) is 17.9. The number of anilines is 2. The molecular formula is C13H17N5O. The van der Waals surface area contributed by atoms with Crippen molar-refractivity contribution >= 4 is 17.3 Å². The Morgan fingerprint density at radius 1 is 1.53 bits per heavy atom. The zero-order valence-corrected chi connectivity index (χ0v) is 11.1. The first kappa shape index (κ1) is 13.2. The van der Waals surface area contributed by atoms with E-state index in [0.29, 0.717) is 25.2 Å². The summed E-state index contributed by atoms with van der Waals surface area (Å²) in [7, 11) is 0. The Balaban J connectivity index is 2.30. The van der Waals surface area contributed by atoms with Gasteiger partial charge in [0.15, 0.2) is 0 Å². The summed E-state index contributed by atoms with van der Waals surface area (Å²) < 4.78 is 0. The Morgan fingerprint density at radius 3 is 2.95 bits per heavy atom. The average molecular weight is 259 g/mol. The van der Waals surface area contributed by atoms with E-state index >= 15 is 0 Å². The molecule has 19 heavy (non-hydrogen) atoms. The molecule has 6 heteroatoms. The SMILES string of the molecule is Cc1ccc(N)c(N2CC(CN=[N+]=[N-])CC2=O)c1C. The number of hydrogen-bond donors (Lipinski definition) is 1. The zero-order valence-electron chi connectivity index (χ0n) is 11.1. The van der Waals surface area contributed by atoms with Crippen LogP contribution in [0.4, 0.5) is 11.4 Å². The number of amides is 1. The van der Waals surface area contributed by atoms with Gasteiger partial charge in [-0.25, -0.2) is 0 Å². The summed E-state index contributed by atoms with van der Waals surface area (Å²) in [4.78, 5) is 16.6. The van der Waals surface area contributed by atoms with Gasteiger partial charge >= 0.3 is 0 Å².